The van der Waals surface area contributed by atoms with Crippen molar-refractivity contribution in [3.8, 4) is 0 Å². The van der Waals surface area contributed by atoms with Crippen molar-refractivity contribution in [2.24, 2.45) is 0 Å². The van der Waals surface area contributed by atoms with Gasteiger partial charge in [0.1, 0.15) is 5.82 Å². The first-order valence-corrected chi connectivity index (χ1v) is 8.42. The third kappa shape index (κ3) is 4.83. The quantitative estimate of drug-likeness (QED) is 0.806. The van der Waals surface area contributed by atoms with Gasteiger partial charge < -0.3 is 5.11 Å². The molecule has 0 amide bonds. The lowest BCUT2D eigenvalue weighted by molar-refractivity contribution is 0.0692. The molecule has 0 saturated carbocycles. The summed E-state index contributed by atoms with van der Waals surface area (Å²) in [6.45, 7) is 0. The maximum Gasteiger partial charge on any atom is 0.338 e. The van der Waals surface area contributed by atoms with Gasteiger partial charge in [0.05, 0.1) is 11.3 Å². The van der Waals surface area contributed by atoms with Crippen molar-refractivity contribution in [1.82, 2.24) is 0 Å². The average Bonchev–Trinajstić information content (AvgIpc) is 2.11. The van der Waals surface area contributed by atoms with Crippen LogP contribution in [0.15, 0.2) is 18.2 Å². The van der Waals surface area contributed by atoms with Crippen LogP contribution < -0.4 is 4.72 Å². The van der Waals surface area contributed by atoms with Crippen LogP contribution in [0.25, 0.3) is 0 Å². The van der Waals surface area contributed by atoms with Gasteiger partial charge in [-0.3, -0.25) is 4.72 Å². The molecule has 0 aromatic heterocycles. The van der Waals surface area contributed by atoms with Crippen molar-refractivity contribution in [3.05, 3.63) is 29.6 Å². The number of nitrogens with one attached hydrogen (secondary N) is 1. The number of sulfone groups is 1. The number of carboxylic acid groups (broad SMARTS) is 1. The Morgan fingerprint density at radius 2 is 1.89 bits per heavy atom. The Balaban J connectivity index is 3.02. The van der Waals surface area contributed by atoms with Gasteiger partial charge in [0.2, 0.25) is 10.0 Å². The highest BCUT2D eigenvalue weighted by molar-refractivity contribution is 8.08. The van der Waals surface area contributed by atoms with E-state index in [0.717, 1.165) is 18.4 Å². The molecule has 1 aromatic carbocycles. The van der Waals surface area contributed by atoms with Crippen LogP contribution in [-0.4, -0.2) is 39.3 Å². The van der Waals surface area contributed by atoms with Crippen molar-refractivity contribution in [1.29, 1.82) is 0 Å². The van der Waals surface area contributed by atoms with E-state index in [1.807, 2.05) is 4.72 Å². The summed E-state index contributed by atoms with van der Waals surface area (Å²) in [6.07, 6.45) is 0.736. The van der Waals surface area contributed by atoms with Gasteiger partial charge in [0.15, 0.2) is 14.9 Å². The van der Waals surface area contributed by atoms with E-state index < -0.39 is 42.3 Å². The molecule has 106 valence electrons. The zero-order valence-corrected chi connectivity index (χ0v) is 11.3. The average molecular weight is 311 g/mol. The molecule has 0 aliphatic carbocycles. The molecule has 0 fully saturated rings. The first kappa shape index (κ1) is 15.4. The summed E-state index contributed by atoms with van der Waals surface area (Å²) in [4.78, 5) is 10.5. The minimum absolute atomic E-state index is 0.258. The molecule has 0 aliphatic heterocycles. The Kier molecular flexibility index (Phi) is 4.15. The van der Waals surface area contributed by atoms with Crippen molar-refractivity contribution in [2.45, 2.75) is 0 Å². The number of halogens is 1. The fourth-order valence-corrected chi connectivity index (χ4v) is 4.22. The molecule has 1 aromatic rings. The summed E-state index contributed by atoms with van der Waals surface area (Å²) in [5.41, 5.74) is -0.878. The van der Waals surface area contributed by atoms with E-state index in [1.54, 1.807) is 0 Å². The first-order valence-electron chi connectivity index (χ1n) is 4.71. The zero-order chi connectivity index (χ0) is 14.8. The summed E-state index contributed by atoms with van der Waals surface area (Å²) in [5.74, 6) is -2.63. The maximum absolute atomic E-state index is 13.3. The van der Waals surface area contributed by atoms with Crippen molar-refractivity contribution >= 4 is 31.5 Å². The molecule has 0 atom stereocenters. The van der Waals surface area contributed by atoms with E-state index in [1.165, 1.54) is 0 Å². The lowest BCUT2D eigenvalue weighted by atomic mass is 10.2. The molecule has 2 N–H and O–H groups in total. The topological polar surface area (TPSA) is 118 Å². The van der Waals surface area contributed by atoms with Crippen LogP contribution in [0.2, 0.25) is 0 Å². The largest absolute Gasteiger partial charge is 0.478 e. The number of carbonyl (C=O) groups is 1. The van der Waals surface area contributed by atoms with E-state index in [9.17, 15) is 26.0 Å². The molecule has 0 bridgehead atoms. The molecule has 0 aliphatic rings. The number of carboxylic acids is 1. The number of anilines is 1. The van der Waals surface area contributed by atoms with Crippen LogP contribution in [-0.2, 0) is 19.9 Å². The molecule has 7 nitrogen and oxygen atoms in total. The zero-order valence-electron chi connectivity index (χ0n) is 9.62. The van der Waals surface area contributed by atoms with E-state index in [0.29, 0.717) is 6.07 Å². The van der Waals surface area contributed by atoms with Gasteiger partial charge in [-0.05, 0) is 18.2 Å². The van der Waals surface area contributed by atoms with Crippen LogP contribution in [0.5, 0.6) is 0 Å². The third-order valence-corrected chi connectivity index (χ3v) is 5.34. The summed E-state index contributed by atoms with van der Waals surface area (Å²) < 4.78 is 59.7. The van der Waals surface area contributed by atoms with Crippen LogP contribution in [0.1, 0.15) is 10.4 Å². The van der Waals surface area contributed by atoms with Crippen LogP contribution >= 0.6 is 0 Å². The first-order chi connectivity index (χ1) is 8.50. The molecule has 0 heterocycles. The standard InChI is InChI=1S/C9H10FNO6S2/c1-18(14,15)5-19(16,17)11-6-2-3-7(9(12)13)8(10)4-6/h2-4,11H,5H2,1H3,(H,12,13). The summed E-state index contributed by atoms with van der Waals surface area (Å²) in [5, 5.41) is 7.43. The lowest BCUT2D eigenvalue weighted by Gasteiger charge is -2.07. The highest BCUT2D eigenvalue weighted by atomic mass is 32.3. The second kappa shape index (κ2) is 5.13. The molecule has 0 spiro atoms. The Bertz CT molecular complexity index is 710. The number of aromatic carboxylic acids is 1. The van der Waals surface area contributed by atoms with Gasteiger partial charge in [0.25, 0.3) is 0 Å². The SMILES string of the molecule is CS(=O)(=O)CS(=O)(=O)Nc1ccc(C(=O)O)c(F)c1. The normalized spacial score (nSPS) is 12.1. The van der Waals surface area contributed by atoms with Crippen molar-refractivity contribution in [3.63, 3.8) is 0 Å². The number of rotatable bonds is 5. The molecule has 0 unspecified atom stereocenters. The van der Waals surface area contributed by atoms with Crippen molar-refractivity contribution in [2.75, 3.05) is 16.1 Å². The van der Waals surface area contributed by atoms with Gasteiger partial charge >= 0.3 is 5.97 Å². The summed E-state index contributed by atoms with van der Waals surface area (Å²) >= 11 is 0. The Labute approximate surface area is 109 Å². The monoisotopic (exact) mass is 311 g/mol. The Morgan fingerprint density at radius 3 is 2.32 bits per heavy atom. The van der Waals surface area contributed by atoms with Crippen LogP contribution in [0.4, 0.5) is 10.1 Å². The number of hydrogen-bond acceptors (Lipinski definition) is 5. The maximum atomic E-state index is 13.3. The summed E-state index contributed by atoms with van der Waals surface area (Å²) in [6, 6.07) is 2.55. The number of hydrogen-bond donors (Lipinski definition) is 2. The smallest absolute Gasteiger partial charge is 0.338 e. The van der Waals surface area contributed by atoms with Crippen molar-refractivity contribution < 1.29 is 31.1 Å². The van der Waals surface area contributed by atoms with Gasteiger partial charge in [-0.15, -0.1) is 0 Å². The van der Waals surface area contributed by atoms with Gasteiger partial charge in [-0.25, -0.2) is 26.0 Å². The van der Waals surface area contributed by atoms with E-state index in [4.69, 9.17) is 5.11 Å². The number of benzene rings is 1. The summed E-state index contributed by atoms with van der Waals surface area (Å²) in [7, 11) is -7.97. The van der Waals surface area contributed by atoms with Gasteiger partial charge in [0, 0.05) is 6.26 Å². The van der Waals surface area contributed by atoms with E-state index in [2.05, 4.69) is 0 Å². The molecule has 19 heavy (non-hydrogen) atoms. The van der Waals surface area contributed by atoms with Crippen LogP contribution in [0, 0.1) is 5.82 Å². The second-order valence-electron chi connectivity index (χ2n) is 3.76. The minimum Gasteiger partial charge on any atom is -0.478 e. The van der Waals surface area contributed by atoms with Gasteiger partial charge in [-0.2, -0.15) is 0 Å². The highest BCUT2D eigenvalue weighted by Gasteiger charge is 2.19. The molecular weight excluding hydrogens is 301 g/mol. The van der Waals surface area contributed by atoms with E-state index >= 15 is 0 Å². The fourth-order valence-electron chi connectivity index (χ4n) is 1.24. The molecule has 0 saturated heterocycles. The Morgan fingerprint density at radius 1 is 1.32 bits per heavy atom. The van der Waals surface area contributed by atoms with Gasteiger partial charge in [-0.1, -0.05) is 0 Å². The fraction of sp³-hybridized carbons (Fsp3) is 0.222. The molecule has 0 radical (unpaired) electrons. The predicted octanol–water partition coefficient (Wildman–Crippen LogP) is 0.268. The molecular formula is C9H10FNO6S2. The highest BCUT2D eigenvalue weighted by Crippen LogP contribution is 2.16. The van der Waals surface area contributed by atoms with Crippen LogP contribution in [0.3, 0.4) is 0 Å². The third-order valence-electron chi connectivity index (χ3n) is 1.84. The molecule has 1 rings (SSSR count). The molecule has 10 heteroatoms. The second-order valence-corrected chi connectivity index (χ2v) is 7.99. The lowest BCUT2D eigenvalue weighted by Crippen LogP contribution is -2.22. The minimum atomic E-state index is -4.19. The Hall–Kier alpha value is -1.68. The predicted molar refractivity (Wildman–Crippen MR) is 65.6 cm³/mol. The van der Waals surface area contributed by atoms with E-state index in [-0.39, 0.29) is 5.69 Å². The number of sulfonamides is 1.